The standard InChI is InChI=1S/C16H30N2S/c1-14(2,3)11-16(7,8)18-10-12-9-17-13(19-12)15(4,5)6/h9,18H,10-11H2,1-8H3. The fourth-order valence-electron chi connectivity index (χ4n) is 2.45. The van der Waals surface area contributed by atoms with Crippen LogP contribution >= 0.6 is 11.3 Å². The molecular formula is C16H30N2S. The Hall–Kier alpha value is -0.410. The zero-order chi connectivity index (χ0) is 14.9. The third-order valence-corrected chi connectivity index (χ3v) is 4.33. The van der Waals surface area contributed by atoms with E-state index in [4.69, 9.17) is 0 Å². The van der Waals surface area contributed by atoms with Crippen molar-refractivity contribution in [3.63, 3.8) is 0 Å². The third-order valence-electron chi connectivity index (χ3n) is 2.91. The molecule has 1 heterocycles. The molecule has 0 radical (unpaired) electrons. The molecule has 1 aromatic heterocycles. The first-order chi connectivity index (χ1) is 8.39. The monoisotopic (exact) mass is 282 g/mol. The average Bonchev–Trinajstić information content (AvgIpc) is 2.58. The molecule has 19 heavy (non-hydrogen) atoms. The normalized spacial score (nSPS) is 13.9. The number of hydrogen-bond acceptors (Lipinski definition) is 3. The summed E-state index contributed by atoms with van der Waals surface area (Å²) in [7, 11) is 0. The fourth-order valence-corrected chi connectivity index (χ4v) is 3.36. The highest BCUT2D eigenvalue weighted by atomic mass is 32.1. The SMILES string of the molecule is CC(C)(C)CC(C)(C)NCc1cnc(C(C)(C)C)s1. The summed E-state index contributed by atoms with van der Waals surface area (Å²) >= 11 is 1.82. The number of thiazole rings is 1. The molecule has 0 spiro atoms. The molecular weight excluding hydrogens is 252 g/mol. The molecule has 1 rings (SSSR count). The molecule has 3 heteroatoms. The first-order valence-corrected chi connectivity index (χ1v) is 7.91. The van der Waals surface area contributed by atoms with Crippen molar-refractivity contribution in [1.82, 2.24) is 10.3 Å². The number of nitrogens with one attached hydrogen (secondary N) is 1. The minimum atomic E-state index is 0.157. The van der Waals surface area contributed by atoms with E-state index in [1.807, 2.05) is 17.5 Å². The van der Waals surface area contributed by atoms with Gasteiger partial charge in [0.05, 0.1) is 5.01 Å². The van der Waals surface area contributed by atoms with Gasteiger partial charge < -0.3 is 5.32 Å². The van der Waals surface area contributed by atoms with Crippen molar-refractivity contribution >= 4 is 11.3 Å². The van der Waals surface area contributed by atoms with Crippen LogP contribution in [0, 0.1) is 5.41 Å². The summed E-state index contributed by atoms with van der Waals surface area (Å²) in [6.45, 7) is 19.0. The molecule has 110 valence electrons. The van der Waals surface area contributed by atoms with Crippen LogP contribution in [0.4, 0.5) is 0 Å². The molecule has 0 aromatic carbocycles. The molecule has 0 unspecified atom stereocenters. The molecule has 0 aliphatic heterocycles. The zero-order valence-corrected chi connectivity index (χ0v) is 14.7. The van der Waals surface area contributed by atoms with E-state index in [1.54, 1.807) is 0 Å². The maximum Gasteiger partial charge on any atom is 0.0981 e. The second-order valence-electron chi connectivity index (χ2n) is 8.36. The van der Waals surface area contributed by atoms with Crippen LogP contribution in [0.25, 0.3) is 0 Å². The molecule has 0 aliphatic carbocycles. The molecule has 0 saturated heterocycles. The van der Waals surface area contributed by atoms with Gasteiger partial charge in [0, 0.05) is 28.6 Å². The zero-order valence-electron chi connectivity index (χ0n) is 13.8. The van der Waals surface area contributed by atoms with E-state index < -0.39 is 0 Å². The van der Waals surface area contributed by atoms with Crippen LogP contribution in [0.5, 0.6) is 0 Å². The quantitative estimate of drug-likeness (QED) is 0.862. The summed E-state index contributed by atoms with van der Waals surface area (Å²) in [4.78, 5) is 5.87. The van der Waals surface area contributed by atoms with Crippen molar-refractivity contribution < 1.29 is 0 Å². The van der Waals surface area contributed by atoms with E-state index in [1.165, 1.54) is 9.88 Å². The van der Waals surface area contributed by atoms with E-state index >= 15 is 0 Å². The fraction of sp³-hybridized carbons (Fsp3) is 0.812. The largest absolute Gasteiger partial charge is 0.307 e. The molecule has 0 saturated carbocycles. The minimum absolute atomic E-state index is 0.157. The summed E-state index contributed by atoms with van der Waals surface area (Å²) in [6.07, 6.45) is 3.18. The highest BCUT2D eigenvalue weighted by Crippen LogP contribution is 2.29. The molecule has 0 bridgehead atoms. The Morgan fingerprint density at radius 1 is 1.05 bits per heavy atom. The van der Waals surface area contributed by atoms with Gasteiger partial charge in [-0.2, -0.15) is 0 Å². The number of hydrogen-bond donors (Lipinski definition) is 1. The topological polar surface area (TPSA) is 24.9 Å². The summed E-state index contributed by atoms with van der Waals surface area (Å²) in [6, 6.07) is 0. The molecule has 2 nitrogen and oxygen atoms in total. The molecule has 0 fully saturated rings. The van der Waals surface area contributed by atoms with Crippen molar-refractivity contribution in [3.8, 4) is 0 Å². The number of aromatic nitrogens is 1. The van der Waals surface area contributed by atoms with Gasteiger partial charge in [-0.15, -0.1) is 11.3 Å². The molecule has 1 N–H and O–H groups in total. The van der Waals surface area contributed by atoms with Crippen molar-refractivity contribution in [2.75, 3.05) is 0 Å². The van der Waals surface area contributed by atoms with Crippen LogP contribution < -0.4 is 5.32 Å². The third kappa shape index (κ3) is 6.05. The van der Waals surface area contributed by atoms with Crippen molar-refractivity contribution in [3.05, 3.63) is 16.1 Å². The van der Waals surface area contributed by atoms with E-state index in [2.05, 4.69) is 65.7 Å². The second-order valence-corrected chi connectivity index (χ2v) is 9.47. The van der Waals surface area contributed by atoms with Crippen LogP contribution in [-0.2, 0) is 12.0 Å². The van der Waals surface area contributed by atoms with Crippen molar-refractivity contribution in [1.29, 1.82) is 0 Å². The Morgan fingerprint density at radius 2 is 1.63 bits per heavy atom. The van der Waals surface area contributed by atoms with Gasteiger partial charge in [0.25, 0.3) is 0 Å². The Balaban J connectivity index is 2.60. The van der Waals surface area contributed by atoms with Gasteiger partial charge in [0.1, 0.15) is 0 Å². The Labute approximate surface area is 123 Å². The molecule has 0 amide bonds. The lowest BCUT2D eigenvalue weighted by molar-refractivity contribution is 0.241. The average molecular weight is 282 g/mol. The van der Waals surface area contributed by atoms with Crippen LogP contribution in [0.2, 0.25) is 0 Å². The lowest BCUT2D eigenvalue weighted by Gasteiger charge is -2.33. The smallest absolute Gasteiger partial charge is 0.0981 e. The van der Waals surface area contributed by atoms with Gasteiger partial charge in [-0.25, -0.2) is 4.98 Å². The van der Waals surface area contributed by atoms with Crippen molar-refractivity contribution in [2.24, 2.45) is 5.41 Å². The molecule has 1 aromatic rings. The Kier molecular flexibility index (Phi) is 4.84. The van der Waals surface area contributed by atoms with E-state index in [9.17, 15) is 0 Å². The highest BCUT2D eigenvalue weighted by molar-refractivity contribution is 7.11. The lowest BCUT2D eigenvalue weighted by Crippen LogP contribution is -2.41. The number of nitrogens with zero attached hydrogens (tertiary/aromatic N) is 1. The van der Waals surface area contributed by atoms with Gasteiger partial charge in [0.15, 0.2) is 0 Å². The first kappa shape index (κ1) is 16.6. The van der Waals surface area contributed by atoms with E-state index in [-0.39, 0.29) is 11.0 Å². The number of rotatable bonds is 4. The van der Waals surface area contributed by atoms with Crippen LogP contribution in [0.1, 0.15) is 71.7 Å². The maximum absolute atomic E-state index is 4.54. The Bertz CT molecular complexity index is 405. The summed E-state index contributed by atoms with van der Waals surface area (Å²) in [5.74, 6) is 0. The summed E-state index contributed by atoms with van der Waals surface area (Å²) in [5.41, 5.74) is 0.661. The molecule has 0 aliphatic rings. The van der Waals surface area contributed by atoms with Crippen LogP contribution in [0.3, 0.4) is 0 Å². The molecule has 0 atom stereocenters. The van der Waals surface area contributed by atoms with Gasteiger partial charge in [0.2, 0.25) is 0 Å². The second kappa shape index (κ2) is 5.53. The summed E-state index contributed by atoms with van der Waals surface area (Å²) in [5, 5.41) is 4.89. The van der Waals surface area contributed by atoms with Crippen LogP contribution in [0.15, 0.2) is 6.20 Å². The predicted molar refractivity (Wildman–Crippen MR) is 85.8 cm³/mol. The summed E-state index contributed by atoms with van der Waals surface area (Å²) < 4.78 is 0. The lowest BCUT2D eigenvalue weighted by atomic mass is 9.82. The van der Waals surface area contributed by atoms with Gasteiger partial charge in [-0.1, -0.05) is 41.5 Å². The van der Waals surface area contributed by atoms with Gasteiger partial charge >= 0.3 is 0 Å². The minimum Gasteiger partial charge on any atom is -0.307 e. The van der Waals surface area contributed by atoms with Gasteiger partial charge in [-0.3, -0.25) is 0 Å². The first-order valence-electron chi connectivity index (χ1n) is 7.09. The van der Waals surface area contributed by atoms with Crippen LogP contribution in [-0.4, -0.2) is 10.5 Å². The predicted octanol–water partition coefficient (Wildman–Crippen LogP) is 4.75. The Morgan fingerprint density at radius 3 is 2.05 bits per heavy atom. The maximum atomic E-state index is 4.54. The van der Waals surface area contributed by atoms with E-state index in [0.717, 1.165) is 13.0 Å². The van der Waals surface area contributed by atoms with Gasteiger partial charge in [-0.05, 0) is 25.7 Å². The van der Waals surface area contributed by atoms with E-state index in [0.29, 0.717) is 5.41 Å². The highest BCUT2D eigenvalue weighted by Gasteiger charge is 2.25. The van der Waals surface area contributed by atoms with Crippen molar-refractivity contribution in [2.45, 2.75) is 79.3 Å².